The van der Waals surface area contributed by atoms with Crippen LogP contribution >= 0.6 is 11.3 Å². The number of benzene rings is 1. The van der Waals surface area contributed by atoms with Gasteiger partial charge >= 0.3 is 0 Å². The fraction of sp³-hybridized carbons (Fsp3) is 0.389. The van der Waals surface area contributed by atoms with E-state index in [1.807, 2.05) is 42.2 Å². The Bertz CT molecular complexity index is 706. The highest BCUT2D eigenvalue weighted by Gasteiger charge is 2.28. The molecule has 3 rings (SSSR count). The zero-order chi connectivity index (χ0) is 16.9. The van der Waals surface area contributed by atoms with Crippen LogP contribution < -0.4 is 5.32 Å². The lowest BCUT2D eigenvalue weighted by Crippen LogP contribution is -2.42. The molecular weight excluding hydrogens is 322 g/mol. The molecule has 126 valence electrons. The van der Waals surface area contributed by atoms with Crippen molar-refractivity contribution in [2.75, 3.05) is 13.1 Å². The third-order valence-electron chi connectivity index (χ3n) is 4.40. The predicted octanol–water partition coefficient (Wildman–Crippen LogP) is 2.62. The summed E-state index contributed by atoms with van der Waals surface area (Å²) in [5, 5.41) is 3.00. The fourth-order valence-electron chi connectivity index (χ4n) is 2.92. The summed E-state index contributed by atoms with van der Waals surface area (Å²) in [6.45, 7) is 3.66. The van der Waals surface area contributed by atoms with Gasteiger partial charge in [-0.2, -0.15) is 0 Å². The Kier molecular flexibility index (Phi) is 5.25. The lowest BCUT2D eigenvalue weighted by atomic mass is 9.95. The largest absolute Gasteiger partial charge is 0.352 e. The Morgan fingerprint density at radius 3 is 2.58 bits per heavy atom. The molecule has 6 heteroatoms. The van der Waals surface area contributed by atoms with Crippen molar-refractivity contribution < 1.29 is 9.59 Å². The first-order valence-corrected chi connectivity index (χ1v) is 9.04. The Labute approximate surface area is 145 Å². The van der Waals surface area contributed by atoms with Crippen LogP contribution in [0.4, 0.5) is 0 Å². The molecule has 1 aliphatic heterocycles. The normalized spacial score (nSPS) is 15.3. The molecule has 1 aromatic heterocycles. The van der Waals surface area contributed by atoms with Gasteiger partial charge in [0, 0.05) is 25.6 Å². The van der Waals surface area contributed by atoms with Crippen molar-refractivity contribution in [3.63, 3.8) is 0 Å². The number of thiazole rings is 1. The highest BCUT2D eigenvalue weighted by atomic mass is 32.1. The quantitative estimate of drug-likeness (QED) is 0.928. The van der Waals surface area contributed by atoms with Crippen LogP contribution in [-0.4, -0.2) is 34.8 Å². The minimum Gasteiger partial charge on any atom is -0.352 e. The van der Waals surface area contributed by atoms with Crippen molar-refractivity contribution >= 4 is 23.2 Å². The van der Waals surface area contributed by atoms with Crippen LogP contribution in [0.3, 0.4) is 0 Å². The predicted molar refractivity (Wildman–Crippen MR) is 93.8 cm³/mol. The van der Waals surface area contributed by atoms with E-state index in [1.54, 1.807) is 5.51 Å². The summed E-state index contributed by atoms with van der Waals surface area (Å²) in [5.74, 6) is 0.110. The first-order valence-electron chi connectivity index (χ1n) is 8.16. The smallest absolute Gasteiger partial charge is 0.265 e. The maximum absolute atomic E-state index is 12.5. The average Bonchev–Trinajstić information content (AvgIpc) is 3.06. The van der Waals surface area contributed by atoms with Gasteiger partial charge in [0.25, 0.3) is 5.91 Å². The number of hydrogen-bond donors (Lipinski definition) is 1. The fourth-order valence-corrected chi connectivity index (χ4v) is 3.69. The van der Waals surface area contributed by atoms with Gasteiger partial charge in [0.1, 0.15) is 4.88 Å². The molecule has 1 N–H and O–H groups in total. The Balaban J connectivity index is 1.49. The molecule has 2 amide bonds. The van der Waals surface area contributed by atoms with Gasteiger partial charge in [-0.1, -0.05) is 30.3 Å². The van der Waals surface area contributed by atoms with E-state index in [4.69, 9.17) is 0 Å². The molecule has 24 heavy (non-hydrogen) atoms. The summed E-state index contributed by atoms with van der Waals surface area (Å²) < 4.78 is 0. The Hall–Kier alpha value is -2.21. The molecule has 5 nitrogen and oxygen atoms in total. The van der Waals surface area contributed by atoms with Gasteiger partial charge in [-0.3, -0.25) is 9.59 Å². The molecule has 1 fully saturated rings. The van der Waals surface area contributed by atoms with Crippen LogP contribution in [0.1, 0.15) is 33.8 Å². The van der Waals surface area contributed by atoms with E-state index in [-0.39, 0.29) is 17.7 Å². The van der Waals surface area contributed by atoms with Gasteiger partial charge in [0.2, 0.25) is 5.91 Å². The highest BCUT2D eigenvalue weighted by molar-refractivity contribution is 7.11. The molecule has 0 unspecified atom stereocenters. The zero-order valence-electron chi connectivity index (χ0n) is 13.7. The second-order valence-corrected chi connectivity index (χ2v) is 6.89. The van der Waals surface area contributed by atoms with Crippen LogP contribution in [0.5, 0.6) is 0 Å². The summed E-state index contributed by atoms with van der Waals surface area (Å²) in [6, 6.07) is 9.89. The molecule has 0 spiro atoms. The number of aromatic nitrogens is 1. The molecule has 2 aromatic rings. The molecule has 2 heterocycles. The summed E-state index contributed by atoms with van der Waals surface area (Å²) >= 11 is 1.38. The number of carbonyl (C=O) groups excluding carboxylic acids is 2. The molecule has 0 atom stereocenters. The van der Waals surface area contributed by atoms with E-state index in [9.17, 15) is 9.59 Å². The third-order valence-corrected chi connectivity index (χ3v) is 5.32. The minimum atomic E-state index is -0.0136. The van der Waals surface area contributed by atoms with Crippen molar-refractivity contribution in [1.82, 2.24) is 15.2 Å². The molecular formula is C18H21N3O2S. The number of likely N-dealkylation sites (tertiary alicyclic amines) is 1. The molecule has 0 saturated carbocycles. The van der Waals surface area contributed by atoms with Crippen LogP contribution in [0.25, 0.3) is 0 Å². The molecule has 1 saturated heterocycles. The number of nitrogens with zero attached hydrogens (tertiary/aromatic N) is 2. The lowest BCUT2D eigenvalue weighted by Gasteiger charge is -2.31. The standard InChI is InChI=1S/C18H21N3O2S/c1-13-16(24-12-20-13)18(23)21-9-7-15(8-10-21)17(22)19-11-14-5-3-2-4-6-14/h2-6,12,15H,7-11H2,1H3,(H,19,22). The molecule has 1 aromatic carbocycles. The first kappa shape index (κ1) is 16.6. The van der Waals surface area contributed by atoms with E-state index in [0.29, 0.717) is 37.4 Å². The van der Waals surface area contributed by atoms with Gasteiger partial charge in [-0.15, -0.1) is 11.3 Å². The van der Waals surface area contributed by atoms with Crippen molar-refractivity contribution in [3.8, 4) is 0 Å². The van der Waals surface area contributed by atoms with E-state index in [1.165, 1.54) is 11.3 Å². The van der Waals surface area contributed by atoms with Crippen molar-refractivity contribution in [2.24, 2.45) is 5.92 Å². The summed E-state index contributed by atoms with van der Waals surface area (Å²) in [5.41, 5.74) is 3.58. The second kappa shape index (κ2) is 7.57. The van der Waals surface area contributed by atoms with E-state index >= 15 is 0 Å². The number of rotatable bonds is 4. The molecule has 0 aliphatic carbocycles. The number of carbonyl (C=O) groups is 2. The van der Waals surface area contributed by atoms with Crippen LogP contribution in [0.15, 0.2) is 35.8 Å². The van der Waals surface area contributed by atoms with E-state index in [0.717, 1.165) is 11.3 Å². The monoisotopic (exact) mass is 343 g/mol. The second-order valence-electron chi connectivity index (χ2n) is 6.04. The van der Waals surface area contributed by atoms with Gasteiger partial charge in [-0.05, 0) is 25.3 Å². The van der Waals surface area contributed by atoms with Gasteiger partial charge in [-0.25, -0.2) is 4.98 Å². The van der Waals surface area contributed by atoms with Gasteiger partial charge < -0.3 is 10.2 Å². The Morgan fingerprint density at radius 1 is 1.25 bits per heavy atom. The maximum Gasteiger partial charge on any atom is 0.265 e. The SMILES string of the molecule is Cc1ncsc1C(=O)N1CCC(C(=O)NCc2ccccc2)CC1. The molecule has 0 radical (unpaired) electrons. The van der Waals surface area contributed by atoms with Crippen LogP contribution in [-0.2, 0) is 11.3 Å². The maximum atomic E-state index is 12.5. The lowest BCUT2D eigenvalue weighted by molar-refractivity contribution is -0.126. The molecule has 0 bridgehead atoms. The van der Waals surface area contributed by atoms with Crippen LogP contribution in [0, 0.1) is 12.8 Å². The van der Waals surface area contributed by atoms with Crippen molar-refractivity contribution in [2.45, 2.75) is 26.3 Å². The van der Waals surface area contributed by atoms with E-state index in [2.05, 4.69) is 10.3 Å². The summed E-state index contributed by atoms with van der Waals surface area (Å²) in [7, 11) is 0. The van der Waals surface area contributed by atoms with Gasteiger partial charge in [0.05, 0.1) is 11.2 Å². The summed E-state index contributed by atoms with van der Waals surface area (Å²) in [4.78, 5) is 31.5. The third kappa shape index (κ3) is 3.82. The zero-order valence-corrected chi connectivity index (χ0v) is 14.5. The Morgan fingerprint density at radius 2 is 1.96 bits per heavy atom. The van der Waals surface area contributed by atoms with Crippen molar-refractivity contribution in [3.05, 3.63) is 52.0 Å². The topological polar surface area (TPSA) is 62.3 Å². The average molecular weight is 343 g/mol. The number of hydrogen-bond acceptors (Lipinski definition) is 4. The summed E-state index contributed by atoms with van der Waals surface area (Å²) in [6.07, 6.45) is 1.43. The number of nitrogens with one attached hydrogen (secondary N) is 1. The molecule has 1 aliphatic rings. The van der Waals surface area contributed by atoms with Gasteiger partial charge in [0.15, 0.2) is 0 Å². The minimum absolute atomic E-state index is 0.0136. The number of piperidine rings is 1. The van der Waals surface area contributed by atoms with Crippen LogP contribution in [0.2, 0.25) is 0 Å². The number of aryl methyl sites for hydroxylation is 1. The highest BCUT2D eigenvalue weighted by Crippen LogP contribution is 2.22. The first-order chi connectivity index (χ1) is 11.6. The number of amides is 2. The van der Waals surface area contributed by atoms with E-state index < -0.39 is 0 Å². The van der Waals surface area contributed by atoms with Crippen molar-refractivity contribution in [1.29, 1.82) is 0 Å².